The summed E-state index contributed by atoms with van der Waals surface area (Å²) < 4.78 is 0. The number of likely N-dealkylation sites (N-methyl/N-ethyl adjacent to an activating group) is 1. The SMILES string of the molecule is CCN(CC)C(=O)C(O)C(Cl)c1ccccc1. The van der Waals surface area contributed by atoms with E-state index in [0.717, 1.165) is 5.56 Å². The van der Waals surface area contributed by atoms with Gasteiger partial charge in [0.1, 0.15) is 0 Å². The number of hydrogen-bond donors (Lipinski definition) is 1. The molecule has 4 heteroatoms. The smallest absolute Gasteiger partial charge is 0.253 e. The number of carbonyl (C=O) groups excluding carboxylic acids is 1. The monoisotopic (exact) mass is 255 g/mol. The molecule has 17 heavy (non-hydrogen) atoms. The van der Waals surface area contributed by atoms with E-state index in [9.17, 15) is 9.90 Å². The fraction of sp³-hybridized carbons (Fsp3) is 0.462. The summed E-state index contributed by atoms with van der Waals surface area (Å²) in [6.07, 6.45) is -1.20. The summed E-state index contributed by atoms with van der Waals surface area (Å²) in [5.74, 6) is -0.321. The second-order valence-electron chi connectivity index (χ2n) is 3.77. The van der Waals surface area contributed by atoms with Gasteiger partial charge < -0.3 is 10.0 Å². The van der Waals surface area contributed by atoms with Gasteiger partial charge in [-0.2, -0.15) is 0 Å². The van der Waals surface area contributed by atoms with Crippen molar-refractivity contribution in [3.8, 4) is 0 Å². The van der Waals surface area contributed by atoms with Gasteiger partial charge in [0.2, 0.25) is 0 Å². The van der Waals surface area contributed by atoms with Crippen molar-refractivity contribution in [3.63, 3.8) is 0 Å². The summed E-state index contributed by atoms with van der Waals surface area (Å²) in [7, 11) is 0. The number of rotatable bonds is 5. The molecule has 0 aromatic heterocycles. The van der Waals surface area contributed by atoms with Crippen LogP contribution in [0.25, 0.3) is 0 Å². The number of benzene rings is 1. The minimum Gasteiger partial charge on any atom is -0.381 e. The van der Waals surface area contributed by atoms with E-state index in [1.54, 1.807) is 17.0 Å². The van der Waals surface area contributed by atoms with Crippen LogP contribution in [0.1, 0.15) is 24.8 Å². The van der Waals surface area contributed by atoms with Crippen molar-refractivity contribution in [3.05, 3.63) is 35.9 Å². The van der Waals surface area contributed by atoms with Crippen LogP contribution in [0.5, 0.6) is 0 Å². The molecule has 1 N–H and O–H groups in total. The minimum atomic E-state index is -1.20. The van der Waals surface area contributed by atoms with Gasteiger partial charge in [-0.25, -0.2) is 0 Å². The van der Waals surface area contributed by atoms with Gasteiger partial charge in [0, 0.05) is 13.1 Å². The third-order valence-corrected chi connectivity index (χ3v) is 3.21. The molecule has 0 saturated carbocycles. The molecule has 1 aromatic rings. The molecular formula is C13H18ClNO2. The number of carbonyl (C=O) groups is 1. The lowest BCUT2D eigenvalue weighted by Crippen LogP contribution is -2.40. The van der Waals surface area contributed by atoms with Gasteiger partial charge in [-0.05, 0) is 19.4 Å². The number of aliphatic hydroxyl groups excluding tert-OH is 1. The summed E-state index contributed by atoms with van der Waals surface area (Å²) in [6, 6.07) is 9.14. The molecule has 0 spiro atoms. The number of hydrogen-bond acceptors (Lipinski definition) is 2. The maximum absolute atomic E-state index is 11.9. The van der Waals surface area contributed by atoms with E-state index in [-0.39, 0.29) is 5.91 Å². The van der Waals surface area contributed by atoms with Gasteiger partial charge in [0.25, 0.3) is 5.91 Å². The average molecular weight is 256 g/mol. The highest BCUT2D eigenvalue weighted by Gasteiger charge is 2.28. The molecule has 1 amide bonds. The molecule has 0 aliphatic carbocycles. The van der Waals surface area contributed by atoms with Gasteiger partial charge in [0.05, 0.1) is 5.38 Å². The molecule has 0 fully saturated rings. The molecule has 94 valence electrons. The van der Waals surface area contributed by atoms with Gasteiger partial charge in [-0.1, -0.05) is 30.3 Å². The third kappa shape index (κ3) is 3.45. The molecule has 0 aliphatic heterocycles. The Bertz CT molecular complexity index is 352. The van der Waals surface area contributed by atoms with E-state index >= 15 is 0 Å². The molecule has 0 heterocycles. The van der Waals surface area contributed by atoms with Gasteiger partial charge >= 0.3 is 0 Å². The van der Waals surface area contributed by atoms with E-state index in [1.807, 2.05) is 32.0 Å². The number of aliphatic hydroxyl groups is 1. The molecule has 1 rings (SSSR count). The van der Waals surface area contributed by atoms with Crippen LogP contribution in [0.4, 0.5) is 0 Å². The first-order valence-corrected chi connectivity index (χ1v) is 6.21. The van der Waals surface area contributed by atoms with Crippen LogP contribution >= 0.6 is 11.6 Å². The van der Waals surface area contributed by atoms with Gasteiger partial charge in [-0.3, -0.25) is 4.79 Å². The number of nitrogens with zero attached hydrogens (tertiary/aromatic N) is 1. The molecule has 3 nitrogen and oxygen atoms in total. The first-order chi connectivity index (χ1) is 8.11. The average Bonchev–Trinajstić information content (AvgIpc) is 2.39. The highest BCUT2D eigenvalue weighted by atomic mass is 35.5. The van der Waals surface area contributed by atoms with Crippen molar-refractivity contribution in [2.75, 3.05) is 13.1 Å². The van der Waals surface area contributed by atoms with Crippen LogP contribution in [0.3, 0.4) is 0 Å². The number of amides is 1. The minimum absolute atomic E-state index is 0.321. The first-order valence-electron chi connectivity index (χ1n) is 5.77. The standard InChI is InChI=1S/C13H18ClNO2/c1-3-15(4-2)13(17)12(16)11(14)10-8-6-5-7-9-10/h5-9,11-12,16H,3-4H2,1-2H3. The highest BCUT2D eigenvalue weighted by molar-refractivity contribution is 6.22. The Morgan fingerprint density at radius 2 is 1.82 bits per heavy atom. The predicted octanol–water partition coefficient (Wildman–Crippen LogP) is 2.20. The van der Waals surface area contributed by atoms with Crippen LogP contribution in [-0.4, -0.2) is 35.1 Å². The lowest BCUT2D eigenvalue weighted by molar-refractivity contribution is -0.139. The van der Waals surface area contributed by atoms with Crippen molar-refractivity contribution in [1.82, 2.24) is 4.90 Å². The maximum atomic E-state index is 11.9. The molecule has 0 bridgehead atoms. The van der Waals surface area contributed by atoms with Crippen LogP contribution in [0.2, 0.25) is 0 Å². The molecule has 2 atom stereocenters. The normalized spacial score (nSPS) is 14.1. The largest absolute Gasteiger partial charge is 0.381 e. The van der Waals surface area contributed by atoms with E-state index in [1.165, 1.54) is 0 Å². The van der Waals surface area contributed by atoms with E-state index < -0.39 is 11.5 Å². The lowest BCUT2D eigenvalue weighted by atomic mass is 10.1. The zero-order valence-corrected chi connectivity index (χ0v) is 10.9. The summed E-state index contributed by atoms with van der Waals surface area (Å²) in [5.41, 5.74) is 0.752. The number of halogens is 1. The molecule has 1 aromatic carbocycles. The molecular weight excluding hydrogens is 238 g/mol. The van der Waals surface area contributed by atoms with Crippen molar-refractivity contribution in [2.24, 2.45) is 0 Å². The topological polar surface area (TPSA) is 40.5 Å². The fourth-order valence-electron chi connectivity index (χ4n) is 1.67. The Morgan fingerprint density at radius 3 is 2.29 bits per heavy atom. The lowest BCUT2D eigenvalue weighted by Gasteiger charge is -2.24. The molecule has 2 unspecified atom stereocenters. The fourth-order valence-corrected chi connectivity index (χ4v) is 1.92. The summed E-state index contributed by atoms with van der Waals surface area (Å²) in [5, 5.41) is 9.24. The predicted molar refractivity (Wildman–Crippen MR) is 69.0 cm³/mol. The molecule has 0 aliphatic rings. The van der Waals surface area contributed by atoms with Crippen molar-refractivity contribution in [1.29, 1.82) is 0 Å². The van der Waals surface area contributed by atoms with E-state index in [2.05, 4.69) is 0 Å². The quantitative estimate of drug-likeness (QED) is 0.820. The van der Waals surface area contributed by atoms with Crippen LogP contribution < -0.4 is 0 Å². The molecule has 0 saturated heterocycles. The van der Waals surface area contributed by atoms with Crippen LogP contribution in [0, 0.1) is 0 Å². The Morgan fingerprint density at radius 1 is 1.29 bits per heavy atom. The second-order valence-corrected chi connectivity index (χ2v) is 4.24. The Hall–Kier alpha value is -1.06. The molecule has 0 radical (unpaired) electrons. The maximum Gasteiger partial charge on any atom is 0.253 e. The Labute approximate surface area is 107 Å². The summed E-state index contributed by atoms with van der Waals surface area (Å²) in [4.78, 5) is 13.5. The Balaban J connectivity index is 2.76. The van der Waals surface area contributed by atoms with Crippen molar-refractivity contribution < 1.29 is 9.90 Å². The number of alkyl halides is 1. The second kappa shape index (κ2) is 6.62. The van der Waals surface area contributed by atoms with Crippen LogP contribution in [-0.2, 0) is 4.79 Å². The third-order valence-electron chi connectivity index (χ3n) is 2.72. The zero-order chi connectivity index (χ0) is 12.8. The first kappa shape index (κ1) is 14.0. The Kier molecular flexibility index (Phi) is 5.45. The van der Waals surface area contributed by atoms with Crippen LogP contribution in [0.15, 0.2) is 30.3 Å². The summed E-state index contributed by atoms with van der Waals surface area (Å²) >= 11 is 6.11. The van der Waals surface area contributed by atoms with Crippen molar-refractivity contribution in [2.45, 2.75) is 25.3 Å². The van der Waals surface area contributed by atoms with E-state index in [0.29, 0.717) is 13.1 Å². The van der Waals surface area contributed by atoms with Crippen molar-refractivity contribution >= 4 is 17.5 Å². The zero-order valence-electron chi connectivity index (χ0n) is 10.1. The highest BCUT2D eigenvalue weighted by Crippen LogP contribution is 2.25. The van der Waals surface area contributed by atoms with Gasteiger partial charge in [0.15, 0.2) is 6.10 Å². The van der Waals surface area contributed by atoms with Gasteiger partial charge in [-0.15, -0.1) is 11.6 Å². The summed E-state index contributed by atoms with van der Waals surface area (Å²) in [6.45, 7) is 4.90. The van der Waals surface area contributed by atoms with E-state index in [4.69, 9.17) is 11.6 Å².